The van der Waals surface area contributed by atoms with Gasteiger partial charge in [-0.15, -0.1) is 0 Å². The number of aryl methyl sites for hydroxylation is 1. The number of carbonyl (C=O) groups excluding carboxylic acids is 1. The minimum atomic E-state index is -1.54. The van der Waals surface area contributed by atoms with Gasteiger partial charge in [0.05, 0.1) is 22.6 Å². The Morgan fingerprint density at radius 1 is 0.735 bits per heavy atom. The zero-order valence-corrected chi connectivity index (χ0v) is 25.4. The van der Waals surface area contributed by atoms with Crippen molar-refractivity contribution in [2.24, 2.45) is 7.05 Å². The zero-order chi connectivity index (χ0) is 35.3. The highest BCUT2D eigenvalue weighted by atomic mass is 19.2. The molecule has 0 unspecified atom stereocenters. The molecular formula is C34H23F4N5O6. The highest BCUT2D eigenvalue weighted by molar-refractivity contribution is 6.04. The molecule has 11 nitrogen and oxygen atoms in total. The number of hydrogen-bond acceptors (Lipinski definition) is 7. The maximum absolute atomic E-state index is 14.8. The van der Waals surface area contributed by atoms with Crippen molar-refractivity contribution in [2.75, 3.05) is 10.6 Å². The number of carbonyl (C=O) groups is 1. The molecule has 0 spiro atoms. The molecule has 6 rings (SSSR count). The van der Waals surface area contributed by atoms with E-state index in [0.717, 1.165) is 33.4 Å². The summed E-state index contributed by atoms with van der Waals surface area (Å²) in [5.74, 6) is -7.92. The quantitative estimate of drug-likeness (QED) is 0.180. The van der Waals surface area contributed by atoms with Crippen LogP contribution in [0.2, 0.25) is 0 Å². The summed E-state index contributed by atoms with van der Waals surface area (Å²) in [6, 6.07) is 15.0. The molecule has 248 valence electrons. The van der Waals surface area contributed by atoms with Crippen molar-refractivity contribution >= 4 is 34.0 Å². The Morgan fingerprint density at radius 3 is 2.14 bits per heavy atom. The van der Waals surface area contributed by atoms with Crippen LogP contribution in [0.25, 0.3) is 22.3 Å². The summed E-state index contributed by atoms with van der Waals surface area (Å²) >= 11 is 0. The van der Waals surface area contributed by atoms with Crippen LogP contribution in [0.4, 0.5) is 34.8 Å². The van der Waals surface area contributed by atoms with E-state index in [1.54, 1.807) is 0 Å². The van der Waals surface area contributed by atoms with E-state index in [0.29, 0.717) is 16.7 Å². The number of nitrogens with one attached hydrogen (secondary N) is 2. The maximum atomic E-state index is 14.8. The summed E-state index contributed by atoms with van der Waals surface area (Å²) in [7, 11) is 1.32. The molecule has 0 atom stereocenters. The fourth-order valence-corrected chi connectivity index (χ4v) is 5.37. The smallest absolute Gasteiger partial charge is 0.340 e. The Balaban J connectivity index is 1.65. The van der Waals surface area contributed by atoms with E-state index >= 15 is 0 Å². The number of phenols is 2. The normalized spacial score (nSPS) is 11.1. The molecular weight excluding hydrogens is 650 g/mol. The Hall–Kier alpha value is -6.64. The molecule has 0 aliphatic heterocycles. The molecule has 0 fully saturated rings. The summed E-state index contributed by atoms with van der Waals surface area (Å²) in [6.07, 6.45) is 0. The Labute approximate surface area is 272 Å². The van der Waals surface area contributed by atoms with Gasteiger partial charge in [-0.2, -0.15) is 4.39 Å². The van der Waals surface area contributed by atoms with E-state index in [4.69, 9.17) is 0 Å². The van der Waals surface area contributed by atoms with Crippen LogP contribution in [0, 0.1) is 30.2 Å². The number of nitrogens with zero attached hydrogens (tertiary/aromatic N) is 3. The molecule has 2 heterocycles. The number of aromatic nitrogens is 3. The summed E-state index contributed by atoms with van der Waals surface area (Å²) < 4.78 is 59.5. The van der Waals surface area contributed by atoms with Gasteiger partial charge in [0.1, 0.15) is 17.0 Å². The van der Waals surface area contributed by atoms with Crippen LogP contribution in [0.1, 0.15) is 15.9 Å². The van der Waals surface area contributed by atoms with Gasteiger partial charge in [-0.3, -0.25) is 23.5 Å². The topological polar surface area (TPSA) is 148 Å². The molecule has 4 N–H and O–H groups in total. The minimum absolute atomic E-state index is 0.00592. The molecule has 49 heavy (non-hydrogen) atoms. The monoisotopic (exact) mass is 673 g/mol. The SMILES string of the molecule is Cc1c(=O)n(C)c(Nc2ccccc2F)c2c(=O)n(-c3ccc(O)c(F)c3)c(=O)n(-c3cccc(NC(=O)c4cc(O)c(F)c(F)c4)c3)c12. The van der Waals surface area contributed by atoms with Crippen LogP contribution in [-0.4, -0.2) is 29.8 Å². The molecule has 6 aromatic rings. The number of halogens is 4. The number of hydrogen-bond donors (Lipinski definition) is 4. The Bertz CT molecular complexity index is 2520. The van der Waals surface area contributed by atoms with Crippen molar-refractivity contribution < 1.29 is 32.6 Å². The number of aromatic hydroxyl groups is 2. The molecule has 0 aliphatic rings. The van der Waals surface area contributed by atoms with Crippen LogP contribution in [0.15, 0.2) is 93.2 Å². The number of phenolic OH excluding ortho intramolecular Hbond substituents is 2. The number of amides is 1. The Morgan fingerprint density at radius 2 is 1.45 bits per heavy atom. The molecule has 0 saturated carbocycles. The second kappa shape index (κ2) is 12.2. The first kappa shape index (κ1) is 32.3. The molecule has 1 amide bonds. The summed E-state index contributed by atoms with van der Waals surface area (Å²) in [6.45, 7) is 1.36. The predicted octanol–water partition coefficient (Wildman–Crippen LogP) is 5.11. The van der Waals surface area contributed by atoms with Gasteiger partial charge < -0.3 is 20.8 Å². The largest absolute Gasteiger partial charge is 0.505 e. The molecule has 0 bridgehead atoms. The first-order chi connectivity index (χ1) is 23.3. The van der Waals surface area contributed by atoms with Crippen molar-refractivity contribution in [2.45, 2.75) is 6.92 Å². The molecule has 15 heteroatoms. The lowest BCUT2D eigenvalue weighted by atomic mass is 10.1. The summed E-state index contributed by atoms with van der Waals surface area (Å²) in [4.78, 5) is 55.0. The van der Waals surface area contributed by atoms with E-state index in [-0.39, 0.29) is 45.0 Å². The van der Waals surface area contributed by atoms with Crippen LogP contribution >= 0.6 is 0 Å². The average molecular weight is 674 g/mol. The molecule has 2 aromatic heterocycles. The average Bonchev–Trinajstić information content (AvgIpc) is 3.07. The van der Waals surface area contributed by atoms with Gasteiger partial charge in [0, 0.05) is 29.9 Å². The summed E-state index contributed by atoms with van der Waals surface area (Å²) in [5, 5.41) is 24.4. The standard InChI is InChI=1S/C34H23F4N5O6/c1-16-29-27(30(41(2)32(16)47)40-24-9-4-3-8-21(24)35)33(48)43(20-10-11-25(44)22(36)15-20)34(49)42(29)19-7-5-6-18(14-19)39-31(46)17-12-23(37)28(38)26(45)13-17/h3-15,40,44-45H,1-2H3,(H,39,46). The van der Waals surface area contributed by atoms with E-state index in [9.17, 15) is 47.0 Å². The van der Waals surface area contributed by atoms with Crippen LogP contribution in [-0.2, 0) is 7.05 Å². The van der Waals surface area contributed by atoms with Gasteiger partial charge in [-0.25, -0.2) is 22.5 Å². The lowest BCUT2D eigenvalue weighted by molar-refractivity contribution is 0.102. The molecule has 0 saturated heterocycles. The van der Waals surface area contributed by atoms with Crippen LogP contribution in [0.3, 0.4) is 0 Å². The minimum Gasteiger partial charge on any atom is -0.505 e. The second-order valence-electron chi connectivity index (χ2n) is 10.9. The molecule has 0 radical (unpaired) electrons. The number of benzene rings is 4. The Kier molecular flexibility index (Phi) is 8.03. The first-order valence-corrected chi connectivity index (χ1v) is 14.3. The van der Waals surface area contributed by atoms with Gasteiger partial charge in [-0.1, -0.05) is 18.2 Å². The number of fused-ring (bicyclic) bond motifs is 1. The zero-order valence-electron chi connectivity index (χ0n) is 25.4. The number of anilines is 3. The van der Waals surface area contributed by atoms with Crippen LogP contribution < -0.4 is 27.4 Å². The summed E-state index contributed by atoms with van der Waals surface area (Å²) in [5.41, 5.74) is -3.95. The van der Waals surface area contributed by atoms with E-state index in [1.807, 2.05) is 0 Å². The van der Waals surface area contributed by atoms with Crippen molar-refractivity contribution in [3.63, 3.8) is 0 Å². The maximum Gasteiger partial charge on any atom is 0.340 e. The van der Waals surface area contributed by atoms with Crippen molar-refractivity contribution in [3.8, 4) is 22.9 Å². The third-order valence-corrected chi connectivity index (χ3v) is 7.76. The van der Waals surface area contributed by atoms with Gasteiger partial charge in [0.2, 0.25) is 0 Å². The van der Waals surface area contributed by atoms with Crippen LogP contribution in [0.5, 0.6) is 11.5 Å². The van der Waals surface area contributed by atoms with Gasteiger partial charge in [0.15, 0.2) is 29.0 Å². The fourth-order valence-electron chi connectivity index (χ4n) is 5.37. The lowest BCUT2D eigenvalue weighted by Crippen LogP contribution is -2.40. The van der Waals surface area contributed by atoms with Crippen molar-refractivity contribution in [1.82, 2.24) is 13.7 Å². The van der Waals surface area contributed by atoms with E-state index in [2.05, 4.69) is 10.6 Å². The number of rotatable bonds is 6. The van der Waals surface area contributed by atoms with Gasteiger partial charge in [0.25, 0.3) is 17.0 Å². The third kappa shape index (κ3) is 5.56. The highest BCUT2D eigenvalue weighted by Gasteiger charge is 2.25. The predicted molar refractivity (Wildman–Crippen MR) is 172 cm³/mol. The highest BCUT2D eigenvalue weighted by Crippen LogP contribution is 2.28. The number of pyridine rings is 1. The lowest BCUT2D eigenvalue weighted by Gasteiger charge is -2.21. The second-order valence-corrected chi connectivity index (χ2v) is 10.9. The fraction of sp³-hybridized carbons (Fsp3) is 0.0588. The van der Waals surface area contributed by atoms with Crippen molar-refractivity contribution in [3.05, 3.63) is 144 Å². The van der Waals surface area contributed by atoms with E-state index < -0.39 is 63.0 Å². The van der Waals surface area contributed by atoms with Gasteiger partial charge >= 0.3 is 5.69 Å². The van der Waals surface area contributed by atoms with Crippen molar-refractivity contribution in [1.29, 1.82) is 0 Å². The number of para-hydroxylation sites is 1. The third-order valence-electron chi connectivity index (χ3n) is 7.76. The van der Waals surface area contributed by atoms with Gasteiger partial charge in [-0.05, 0) is 61.5 Å². The molecule has 4 aromatic carbocycles. The molecule has 0 aliphatic carbocycles. The first-order valence-electron chi connectivity index (χ1n) is 14.3. The van der Waals surface area contributed by atoms with E-state index in [1.165, 1.54) is 56.4 Å².